The summed E-state index contributed by atoms with van der Waals surface area (Å²) in [6, 6.07) is 7.40. The maximum absolute atomic E-state index is 11.8. The molecule has 5 nitrogen and oxygen atoms in total. The highest BCUT2D eigenvalue weighted by atomic mass is 79.9. The van der Waals surface area contributed by atoms with Crippen molar-refractivity contribution < 1.29 is 14.3 Å². The zero-order valence-electron chi connectivity index (χ0n) is 12.8. The molecule has 0 aliphatic carbocycles. The zero-order chi connectivity index (χ0) is 16.4. The van der Waals surface area contributed by atoms with Crippen molar-refractivity contribution in [1.29, 1.82) is 0 Å². The number of hydrogen-bond donors (Lipinski definition) is 1. The minimum Gasteiger partial charge on any atom is -0.385 e. The first-order valence-corrected chi connectivity index (χ1v) is 8.83. The van der Waals surface area contributed by atoms with Gasteiger partial charge in [0, 0.05) is 37.5 Å². The molecule has 0 saturated carbocycles. The molecule has 0 atom stereocenters. The number of amides is 2. The van der Waals surface area contributed by atoms with Crippen LogP contribution in [0.25, 0.3) is 0 Å². The molecule has 0 aliphatic rings. The Morgan fingerprint density at radius 2 is 2.14 bits per heavy atom. The molecule has 0 spiro atoms. The van der Waals surface area contributed by atoms with Crippen LogP contribution in [-0.2, 0) is 14.3 Å². The lowest BCUT2D eigenvalue weighted by Crippen LogP contribution is -2.30. The lowest BCUT2D eigenvalue weighted by molar-refractivity contribution is -0.127. The van der Waals surface area contributed by atoms with Crippen molar-refractivity contribution in [2.75, 3.05) is 44.1 Å². The average molecular weight is 389 g/mol. The Morgan fingerprint density at radius 3 is 2.82 bits per heavy atom. The van der Waals surface area contributed by atoms with Gasteiger partial charge in [0.1, 0.15) is 0 Å². The predicted octanol–water partition coefficient (Wildman–Crippen LogP) is 2.62. The van der Waals surface area contributed by atoms with Crippen LogP contribution in [0.5, 0.6) is 0 Å². The summed E-state index contributed by atoms with van der Waals surface area (Å²) in [5.41, 5.74) is 0.739. The van der Waals surface area contributed by atoms with Crippen LogP contribution in [0.1, 0.15) is 6.42 Å². The van der Waals surface area contributed by atoms with E-state index in [1.165, 1.54) is 11.8 Å². The van der Waals surface area contributed by atoms with Gasteiger partial charge in [-0.25, -0.2) is 0 Å². The fraction of sp³-hybridized carbons (Fsp3) is 0.467. The van der Waals surface area contributed by atoms with Gasteiger partial charge < -0.3 is 15.0 Å². The topological polar surface area (TPSA) is 58.6 Å². The molecule has 0 saturated heterocycles. The van der Waals surface area contributed by atoms with E-state index in [4.69, 9.17) is 4.74 Å². The number of ether oxygens (including phenoxy) is 1. The summed E-state index contributed by atoms with van der Waals surface area (Å²) in [4.78, 5) is 25.3. The summed E-state index contributed by atoms with van der Waals surface area (Å²) in [7, 11) is 3.40. The van der Waals surface area contributed by atoms with Crippen LogP contribution in [0.3, 0.4) is 0 Å². The van der Waals surface area contributed by atoms with E-state index in [2.05, 4.69) is 21.2 Å². The molecule has 0 radical (unpaired) electrons. The van der Waals surface area contributed by atoms with Gasteiger partial charge in [-0.05, 0) is 24.6 Å². The van der Waals surface area contributed by atoms with Gasteiger partial charge in [0.15, 0.2) is 0 Å². The third kappa shape index (κ3) is 7.82. The molecule has 0 unspecified atom stereocenters. The predicted molar refractivity (Wildman–Crippen MR) is 94.2 cm³/mol. The second kappa shape index (κ2) is 10.6. The van der Waals surface area contributed by atoms with E-state index in [9.17, 15) is 9.59 Å². The standard InChI is InChI=1S/C15H21BrN2O3S/c1-18(7-4-8-21-2)15(20)11-22-10-14(19)17-13-6-3-5-12(16)9-13/h3,5-6,9H,4,7-8,10-11H2,1-2H3,(H,17,19). The number of halogens is 1. The van der Waals surface area contributed by atoms with Crippen LogP contribution in [0.15, 0.2) is 28.7 Å². The largest absolute Gasteiger partial charge is 0.385 e. The van der Waals surface area contributed by atoms with Crippen LogP contribution in [0.2, 0.25) is 0 Å². The van der Waals surface area contributed by atoms with Gasteiger partial charge in [-0.15, -0.1) is 11.8 Å². The molecule has 0 aromatic heterocycles. The first kappa shape index (κ1) is 19.0. The first-order chi connectivity index (χ1) is 10.5. The van der Waals surface area contributed by atoms with Gasteiger partial charge in [-0.1, -0.05) is 22.0 Å². The van der Waals surface area contributed by atoms with Crippen molar-refractivity contribution in [2.45, 2.75) is 6.42 Å². The first-order valence-electron chi connectivity index (χ1n) is 6.89. The molecule has 122 valence electrons. The van der Waals surface area contributed by atoms with Crippen LogP contribution in [-0.4, -0.2) is 55.5 Å². The Balaban J connectivity index is 2.22. The molecule has 2 amide bonds. The number of rotatable bonds is 9. The number of carbonyl (C=O) groups is 2. The Kier molecular flexibility index (Phi) is 9.19. The third-order valence-electron chi connectivity index (χ3n) is 2.83. The second-order valence-electron chi connectivity index (χ2n) is 4.71. The SMILES string of the molecule is COCCCN(C)C(=O)CSCC(=O)Nc1cccc(Br)c1. The maximum atomic E-state index is 11.8. The molecule has 7 heteroatoms. The van der Waals surface area contributed by atoms with Gasteiger partial charge >= 0.3 is 0 Å². The zero-order valence-corrected chi connectivity index (χ0v) is 15.2. The van der Waals surface area contributed by atoms with E-state index in [1.807, 2.05) is 24.3 Å². The van der Waals surface area contributed by atoms with Crippen molar-refractivity contribution in [2.24, 2.45) is 0 Å². The Labute approximate surface area is 143 Å². The Morgan fingerprint density at radius 1 is 1.36 bits per heavy atom. The van der Waals surface area contributed by atoms with Gasteiger partial charge in [-0.2, -0.15) is 0 Å². The van der Waals surface area contributed by atoms with Gasteiger partial charge in [0.05, 0.1) is 11.5 Å². The van der Waals surface area contributed by atoms with Gasteiger partial charge in [0.25, 0.3) is 0 Å². The maximum Gasteiger partial charge on any atom is 0.234 e. The van der Waals surface area contributed by atoms with E-state index in [-0.39, 0.29) is 17.6 Å². The van der Waals surface area contributed by atoms with E-state index in [0.29, 0.717) is 18.9 Å². The summed E-state index contributed by atoms with van der Waals surface area (Å²) in [5.74, 6) is 0.466. The monoisotopic (exact) mass is 388 g/mol. The summed E-state index contributed by atoms with van der Waals surface area (Å²) in [6.45, 7) is 1.30. The lowest BCUT2D eigenvalue weighted by Gasteiger charge is -2.16. The molecular formula is C15H21BrN2O3S. The summed E-state index contributed by atoms with van der Waals surface area (Å²) < 4.78 is 5.86. The molecule has 0 fully saturated rings. The van der Waals surface area contributed by atoms with Crippen molar-refractivity contribution in [3.05, 3.63) is 28.7 Å². The molecule has 1 aromatic carbocycles. The number of anilines is 1. The van der Waals surface area contributed by atoms with E-state index in [0.717, 1.165) is 16.6 Å². The number of thioether (sulfide) groups is 1. The second-order valence-corrected chi connectivity index (χ2v) is 6.61. The third-order valence-corrected chi connectivity index (χ3v) is 4.25. The number of benzene rings is 1. The highest BCUT2D eigenvalue weighted by Gasteiger charge is 2.10. The Bertz CT molecular complexity index is 499. The molecule has 0 aliphatic heterocycles. The summed E-state index contributed by atoms with van der Waals surface area (Å²) >= 11 is 4.66. The smallest absolute Gasteiger partial charge is 0.234 e. The molecule has 0 bridgehead atoms. The quantitative estimate of drug-likeness (QED) is 0.660. The van der Waals surface area contributed by atoms with Crippen LogP contribution in [0, 0.1) is 0 Å². The number of nitrogens with zero attached hydrogens (tertiary/aromatic N) is 1. The molecule has 1 N–H and O–H groups in total. The lowest BCUT2D eigenvalue weighted by atomic mass is 10.3. The molecule has 1 rings (SSSR count). The summed E-state index contributed by atoms with van der Waals surface area (Å²) in [5, 5.41) is 2.80. The molecule has 1 aromatic rings. The molecular weight excluding hydrogens is 368 g/mol. The van der Waals surface area contributed by atoms with Crippen LogP contribution < -0.4 is 5.32 Å². The minimum absolute atomic E-state index is 0.0244. The number of carbonyl (C=O) groups excluding carboxylic acids is 2. The number of hydrogen-bond acceptors (Lipinski definition) is 4. The van der Waals surface area contributed by atoms with Crippen molar-refractivity contribution in [1.82, 2.24) is 4.90 Å². The van der Waals surface area contributed by atoms with Crippen LogP contribution >= 0.6 is 27.7 Å². The van der Waals surface area contributed by atoms with E-state index >= 15 is 0 Å². The van der Waals surface area contributed by atoms with Crippen molar-refractivity contribution in [3.63, 3.8) is 0 Å². The van der Waals surface area contributed by atoms with Gasteiger partial charge in [-0.3, -0.25) is 9.59 Å². The summed E-state index contributed by atoms with van der Waals surface area (Å²) in [6.07, 6.45) is 0.812. The Hall–Kier alpha value is -1.05. The normalized spacial score (nSPS) is 10.3. The highest BCUT2D eigenvalue weighted by molar-refractivity contribution is 9.10. The fourth-order valence-corrected chi connectivity index (χ4v) is 2.83. The molecule has 0 heterocycles. The highest BCUT2D eigenvalue weighted by Crippen LogP contribution is 2.16. The van der Waals surface area contributed by atoms with Crippen molar-refractivity contribution >= 4 is 45.2 Å². The number of nitrogens with one attached hydrogen (secondary N) is 1. The number of methoxy groups -OCH3 is 1. The van der Waals surface area contributed by atoms with Crippen molar-refractivity contribution in [3.8, 4) is 0 Å². The minimum atomic E-state index is -0.113. The van der Waals surface area contributed by atoms with Gasteiger partial charge in [0.2, 0.25) is 11.8 Å². The average Bonchev–Trinajstić information content (AvgIpc) is 2.47. The van der Waals surface area contributed by atoms with E-state index < -0.39 is 0 Å². The van der Waals surface area contributed by atoms with Crippen LogP contribution in [0.4, 0.5) is 5.69 Å². The van der Waals surface area contributed by atoms with E-state index in [1.54, 1.807) is 19.1 Å². The molecule has 22 heavy (non-hydrogen) atoms. The fourth-order valence-electron chi connectivity index (χ4n) is 1.68.